The minimum Gasteiger partial charge on any atom is -0.494 e. The third kappa shape index (κ3) is 6.26. The molecule has 0 N–H and O–H groups in total. The van der Waals surface area contributed by atoms with Gasteiger partial charge in [-0.2, -0.15) is 4.57 Å². The van der Waals surface area contributed by atoms with Gasteiger partial charge in [-0.3, -0.25) is 9.36 Å². The van der Waals surface area contributed by atoms with Crippen molar-refractivity contribution in [3.05, 3.63) is 114 Å². The monoisotopic (exact) mass is 666 g/mol. The molecule has 1 aliphatic heterocycles. The Morgan fingerprint density at radius 2 is 1.61 bits per heavy atom. The lowest BCUT2D eigenvalue weighted by molar-refractivity contribution is -0.679. The molecule has 3 heterocycles. The molecule has 5 aromatic rings. The molecule has 0 amide bonds. The number of thioether (sulfide) groups is 1. The number of thiazole rings is 2. The predicted octanol–water partition coefficient (Wildman–Crippen LogP) is 7.81. The number of aromatic nitrogens is 2. The van der Waals surface area contributed by atoms with Gasteiger partial charge in [0.1, 0.15) is 21.8 Å². The maximum absolute atomic E-state index is 13.7. The average Bonchev–Trinajstić information content (AvgIpc) is 3.71. The molecule has 0 bridgehead atoms. The zero-order valence-electron chi connectivity index (χ0n) is 27.1. The Morgan fingerprint density at radius 3 is 2.26 bits per heavy atom. The molecule has 0 unspecified atom stereocenters. The number of hydrogen-bond donors (Lipinski definition) is 0. The fourth-order valence-corrected chi connectivity index (χ4v) is 9.44. The Labute approximate surface area is 283 Å². The number of allylic oxidation sites excluding steroid dienone is 1. The molecule has 46 heavy (non-hydrogen) atoms. The van der Waals surface area contributed by atoms with Gasteiger partial charge < -0.3 is 9.64 Å². The average molecular weight is 667 g/mol. The Morgan fingerprint density at radius 1 is 0.891 bits per heavy atom. The number of rotatable bonds is 10. The Kier molecular flexibility index (Phi) is 9.97. The predicted molar refractivity (Wildman–Crippen MR) is 197 cm³/mol. The summed E-state index contributed by atoms with van der Waals surface area (Å²) in [5, 5.41) is 2.26. The molecule has 0 spiro atoms. The summed E-state index contributed by atoms with van der Waals surface area (Å²) in [5.41, 5.74) is 5.97. The lowest BCUT2D eigenvalue weighted by Gasteiger charge is -2.20. The van der Waals surface area contributed by atoms with Crippen LogP contribution in [0.25, 0.3) is 33.9 Å². The summed E-state index contributed by atoms with van der Waals surface area (Å²) in [7, 11) is 0. The van der Waals surface area contributed by atoms with Crippen LogP contribution in [-0.4, -0.2) is 17.7 Å². The van der Waals surface area contributed by atoms with Crippen LogP contribution in [0.3, 0.4) is 0 Å². The topological polar surface area (TPSA) is 38.4 Å². The molecular formula is C38H40N3O2S3+. The lowest BCUT2D eigenvalue weighted by Crippen LogP contribution is -2.36. The van der Waals surface area contributed by atoms with E-state index >= 15 is 0 Å². The Balaban J connectivity index is 1.46. The zero-order chi connectivity index (χ0) is 32.2. The highest BCUT2D eigenvalue weighted by Gasteiger charge is 2.28. The van der Waals surface area contributed by atoms with Gasteiger partial charge in [-0.05, 0) is 75.6 Å². The van der Waals surface area contributed by atoms with Crippen molar-refractivity contribution in [1.82, 2.24) is 4.57 Å². The zero-order valence-corrected chi connectivity index (χ0v) is 29.5. The highest BCUT2D eigenvalue weighted by molar-refractivity contribution is 8.03. The fourth-order valence-electron chi connectivity index (χ4n) is 5.86. The van der Waals surface area contributed by atoms with Crippen molar-refractivity contribution in [3.8, 4) is 27.4 Å². The maximum atomic E-state index is 13.7. The molecule has 1 aliphatic rings. The van der Waals surface area contributed by atoms with E-state index in [9.17, 15) is 4.79 Å². The van der Waals surface area contributed by atoms with Gasteiger partial charge in [0.15, 0.2) is 0 Å². The van der Waals surface area contributed by atoms with Crippen LogP contribution in [0.5, 0.6) is 5.75 Å². The van der Waals surface area contributed by atoms with Crippen LogP contribution in [0.15, 0.2) is 93.6 Å². The molecule has 2 aromatic heterocycles. The SMILES string of the molecule is CCCN1C(=CC=c2sc(=Cc3sc(-c4ccccc4)c(-c4ccccc4)[n+]3CC)n(CC)c2=O)Sc2cc(C)c(OCC)cc21. The molecule has 0 fully saturated rings. The first-order valence-corrected chi connectivity index (χ1v) is 18.5. The van der Waals surface area contributed by atoms with Crippen LogP contribution in [0.1, 0.15) is 44.7 Å². The highest BCUT2D eigenvalue weighted by atomic mass is 32.2. The van der Waals surface area contributed by atoms with Crippen LogP contribution in [-0.2, 0) is 13.1 Å². The van der Waals surface area contributed by atoms with Gasteiger partial charge in [-0.1, -0.05) is 78.6 Å². The number of fused-ring (bicyclic) bond motifs is 1. The number of hydrogen-bond acceptors (Lipinski definition) is 6. The quantitative estimate of drug-likeness (QED) is 0.143. The number of nitrogens with zero attached hydrogens (tertiary/aromatic N) is 3. The van der Waals surface area contributed by atoms with Crippen LogP contribution < -0.4 is 29.0 Å². The molecule has 5 nitrogen and oxygen atoms in total. The van der Waals surface area contributed by atoms with E-state index in [1.54, 1.807) is 34.4 Å². The smallest absolute Gasteiger partial charge is 0.269 e. The first kappa shape index (κ1) is 32.1. The molecule has 0 atom stereocenters. The highest BCUT2D eigenvalue weighted by Crippen LogP contribution is 2.48. The third-order valence-electron chi connectivity index (χ3n) is 8.01. The third-order valence-corrected chi connectivity index (χ3v) is 11.4. The molecule has 0 saturated carbocycles. The minimum absolute atomic E-state index is 0.0544. The summed E-state index contributed by atoms with van der Waals surface area (Å²) in [6.45, 7) is 13.5. The molecule has 0 saturated heterocycles. The van der Waals surface area contributed by atoms with E-state index in [2.05, 4.69) is 115 Å². The van der Waals surface area contributed by atoms with E-state index in [0.717, 1.165) is 50.1 Å². The summed E-state index contributed by atoms with van der Waals surface area (Å²) < 4.78 is 11.9. The van der Waals surface area contributed by atoms with Gasteiger partial charge in [0.25, 0.3) is 10.6 Å². The molecule has 8 heteroatoms. The minimum atomic E-state index is 0.0544. The van der Waals surface area contributed by atoms with E-state index in [1.165, 1.54) is 32.3 Å². The van der Waals surface area contributed by atoms with Crippen molar-refractivity contribution in [2.45, 2.75) is 59.0 Å². The molecule has 0 aliphatic carbocycles. The van der Waals surface area contributed by atoms with Crippen molar-refractivity contribution >= 4 is 52.3 Å². The Bertz CT molecular complexity index is 2060. The fraction of sp³-hybridized carbons (Fsp3) is 0.263. The van der Waals surface area contributed by atoms with Crippen LogP contribution >= 0.6 is 34.4 Å². The maximum Gasteiger partial charge on any atom is 0.269 e. The molecule has 6 rings (SSSR count). The van der Waals surface area contributed by atoms with Crippen molar-refractivity contribution in [3.63, 3.8) is 0 Å². The van der Waals surface area contributed by atoms with Crippen molar-refractivity contribution in [1.29, 1.82) is 0 Å². The summed E-state index contributed by atoms with van der Waals surface area (Å²) in [6.07, 6.45) is 7.35. The van der Waals surface area contributed by atoms with E-state index in [4.69, 9.17) is 4.74 Å². The first-order chi connectivity index (χ1) is 22.5. The number of aryl methyl sites for hydroxylation is 1. The van der Waals surface area contributed by atoms with Crippen molar-refractivity contribution < 1.29 is 9.30 Å². The summed E-state index contributed by atoms with van der Waals surface area (Å²) in [6, 6.07) is 25.6. The largest absolute Gasteiger partial charge is 0.494 e. The summed E-state index contributed by atoms with van der Waals surface area (Å²) in [5.74, 6) is 0.932. The summed E-state index contributed by atoms with van der Waals surface area (Å²) >= 11 is 5.11. The van der Waals surface area contributed by atoms with E-state index in [0.29, 0.717) is 13.2 Å². The van der Waals surface area contributed by atoms with Gasteiger partial charge in [0.2, 0.25) is 5.69 Å². The van der Waals surface area contributed by atoms with E-state index < -0.39 is 0 Å². The van der Waals surface area contributed by atoms with E-state index in [1.807, 2.05) is 24.5 Å². The van der Waals surface area contributed by atoms with Crippen LogP contribution in [0.2, 0.25) is 0 Å². The van der Waals surface area contributed by atoms with Gasteiger partial charge in [-0.15, -0.1) is 11.3 Å². The lowest BCUT2D eigenvalue weighted by atomic mass is 10.1. The van der Waals surface area contributed by atoms with Gasteiger partial charge in [0, 0.05) is 29.6 Å². The molecule has 236 valence electrons. The van der Waals surface area contributed by atoms with Crippen LogP contribution in [0, 0.1) is 6.92 Å². The number of anilines is 1. The second-order valence-corrected chi connectivity index (χ2v) is 14.2. The van der Waals surface area contributed by atoms with Crippen molar-refractivity contribution in [2.24, 2.45) is 0 Å². The standard InChI is InChI=1S/C38H40N3O2S3/c1-6-22-41-29-24-30(43-9-4)26(5)23-32(29)45-33(41)21-20-31-38(42)40(8-3)35(44-31)25-34-39(7-2)36(27-16-12-10-13-17-27)37(46-34)28-18-14-11-15-19-28/h10-21,23-25H,6-9,22H2,1-5H3/q+1. The molecular weight excluding hydrogens is 627 g/mol. The molecule has 3 aromatic carbocycles. The van der Waals surface area contributed by atoms with Crippen LogP contribution in [0.4, 0.5) is 5.69 Å². The van der Waals surface area contributed by atoms with Gasteiger partial charge in [-0.25, -0.2) is 0 Å². The second kappa shape index (κ2) is 14.3. The Hall–Kier alpha value is -3.85. The normalized spacial score (nSPS) is 14.5. The van der Waals surface area contributed by atoms with Gasteiger partial charge in [0.05, 0.1) is 27.9 Å². The van der Waals surface area contributed by atoms with E-state index in [-0.39, 0.29) is 5.56 Å². The number of ether oxygens (including phenoxy) is 1. The number of benzene rings is 3. The van der Waals surface area contributed by atoms with Crippen molar-refractivity contribution in [2.75, 3.05) is 18.1 Å². The molecule has 0 radical (unpaired) electrons. The second-order valence-electron chi connectivity index (χ2n) is 11.0. The first-order valence-electron chi connectivity index (χ1n) is 16.0. The van der Waals surface area contributed by atoms with Gasteiger partial charge >= 0.3 is 0 Å². The summed E-state index contributed by atoms with van der Waals surface area (Å²) in [4.78, 5) is 18.5.